The van der Waals surface area contributed by atoms with Gasteiger partial charge in [0.05, 0.1) is 17.1 Å². The van der Waals surface area contributed by atoms with Crippen molar-refractivity contribution in [3.63, 3.8) is 0 Å². The van der Waals surface area contributed by atoms with Crippen LogP contribution in [0.3, 0.4) is 0 Å². The summed E-state index contributed by atoms with van der Waals surface area (Å²) >= 11 is 0. The standard InChI is InChI=1S/C15H15N3O2S/c1-12-11-17-9-7-15(12)18-21(19,20)14-6-2-4-13(10-14)5-3-8-16/h2,4,6-7,9-11H,8,16H2,1H3,(H,17,18). The molecule has 5 nitrogen and oxygen atoms in total. The first kappa shape index (κ1) is 15.0. The molecule has 0 fully saturated rings. The summed E-state index contributed by atoms with van der Waals surface area (Å²) in [5.41, 5.74) is 7.17. The number of aryl methyl sites for hydroxylation is 1. The Morgan fingerprint density at radius 1 is 1.33 bits per heavy atom. The lowest BCUT2D eigenvalue weighted by Gasteiger charge is -2.10. The lowest BCUT2D eigenvalue weighted by molar-refractivity contribution is 0.601. The average Bonchev–Trinajstić information content (AvgIpc) is 2.48. The Hall–Kier alpha value is -2.36. The summed E-state index contributed by atoms with van der Waals surface area (Å²) in [6, 6.07) is 8.03. The number of rotatable bonds is 3. The molecule has 0 aliphatic heterocycles. The minimum Gasteiger partial charge on any atom is -0.320 e. The van der Waals surface area contributed by atoms with Crippen LogP contribution in [0.1, 0.15) is 11.1 Å². The predicted octanol–water partition coefficient (Wildman–Crippen LogP) is 1.50. The molecular formula is C15H15N3O2S. The Kier molecular flexibility index (Phi) is 4.58. The molecule has 2 rings (SSSR count). The number of pyridine rings is 1. The molecule has 0 atom stereocenters. The number of aromatic nitrogens is 1. The minimum absolute atomic E-state index is 0.155. The Bertz CT molecular complexity index is 805. The van der Waals surface area contributed by atoms with Gasteiger partial charge < -0.3 is 5.73 Å². The highest BCUT2D eigenvalue weighted by Crippen LogP contribution is 2.19. The number of nitrogens with zero attached hydrogens (tertiary/aromatic N) is 1. The Balaban J connectivity index is 2.34. The second-order valence-corrected chi connectivity index (χ2v) is 6.01. The molecule has 0 saturated carbocycles. The van der Waals surface area contributed by atoms with Gasteiger partial charge in [-0.2, -0.15) is 0 Å². The van der Waals surface area contributed by atoms with E-state index in [2.05, 4.69) is 21.5 Å². The smallest absolute Gasteiger partial charge is 0.261 e. The van der Waals surface area contributed by atoms with Gasteiger partial charge in [-0.3, -0.25) is 9.71 Å². The number of hydrogen-bond donors (Lipinski definition) is 2. The van der Waals surface area contributed by atoms with Crippen LogP contribution in [0.5, 0.6) is 0 Å². The maximum Gasteiger partial charge on any atom is 0.261 e. The summed E-state index contributed by atoms with van der Waals surface area (Å²) in [4.78, 5) is 4.09. The van der Waals surface area contributed by atoms with E-state index in [-0.39, 0.29) is 11.4 Å². The Morgan fingerprint density at radius 2 is 2.14 bits per heavy atom. The molecule has 0 unspecified atom stereocenters. The summed E-state index contributed by atoms with van der Waals surface area (Å²) in [5.74, 6) is 5.51. The van der Waals surface area contributed by atoms with Gasteiger partial charge in [0.1, 0.15) is 0 Å². The quantitative estimate of drug-likeness (QED) is 0.841. The van der Waals surface area contributed by atoms with Crippen LogP contribution < -0.4 is 10.5 Å². The van der Waals surface area contributed by atoms with Gasteiger partial charge in [0, 0.05) is 18.0 Å². The highest BCUT2D eigenvalue weighted by Gasteiger charge is 2.15. The molecule has 21 heavy (non-hydrogen) atoms. The van der Waals surface area contributed by atoms with Crippen molar-refractivity contribution < 1.29 is 8.42 Å². The molecule has 0 amide bonds. The van der Waals surface area contributed by atoms with Crippen molar-refractivity contribution in [3.05, 3.63) is 53.9 Å². The minimum atomic E-state index is -3.66. The zero-order valence-corrected chi connectivity index (χ0v) is 12.3. The Labute approximate surface area is 124 Å². The normalized spacial score (nSPS) is 10.6. The molecule has 0 aliphatic carbocycles. The van der Waals surface area contributed by atoms with Gasteiger partial charge in [-0.1, -0.05) is 17.9 Å². The monoisotopic (exact) mass is 301 g/mol. The third kappa shape index (κ3) is 3.81. The lowest BCUT2D eigenvalue weighted by atomic mass is 10.2. The highest BCUT2D eigenvalue weighted by atomic mass is 32.2. The highest BCUT2D eigenvalue weighted by molar-refractivity contribution is 7.92. The largest absolute Gasteiger partial charge is 0.320 e. The zero-order valence-electron chi connectivity index (χ0n) is 11.5. The molecule has 0 aliphatic rings. The average molecular weight is 301 g/mol. The first-order chi connectivity index (χ1) is 10.0. The summed E-state index contributed by atoms with van der Waals surface area (Å²) in [7, 11) is -3.66. The molecule has 6 heteroatoms. The van der Waals surface area contributed by atoms with E-state index in [1.165, 1.54) is 18.3 Å². The third-order valence-corrected chi connectivity index (χ3v) is 4.11. The van der Waals surface area contributed by atoms with Crippen LogP contribution in [0.15, 0.2) is 47.6 Å². The van der Waals surface area contributed by atoms with Crippen molar-refractivity contribution in [2.75, 3.05) is 11.3 Å². The van der Waals surface area contributed by atoms with E-state index in [1.54, 1.807) is 31.3 Å². The zero-order chi connectivity index (χ0) is 15.3. The summed E-state index contributed by atoms with van der Waals surface area (Å²) in [5, 5.41) is 0. The fourth-order valence-corrected chi connectivity index (χ4v) is 2.86. The van der Waals surface area contributed by atoms with E-state index < -0.39 is 10.0 Å². The predicted molar refractivity (Wildman–Crippen MR) is 82.2 cm³/mol. The van der Waals surface area contributed by atoms with Gasteiger partial charge in [0.25, 0.3) is 10.0 Å². The molecule has 0 saturated heterocycles. The lowest BCUT2D eigenvalue weighted by Crippen LogP contribution is -2.14. The van der Waals surface area contributed by atoms with Crippen molar-refractivity contribution >= 4 is 15.7 Å². The fourth-order valence-electron chi connectivity index (χ4n) is 1.69. The van der Waals surface area contributed by atoms with Crippen molar-refractivity contribution in [2.45, 2.75) is 11.8 Å². The van der Waals surface area contributed by atoms with Gasteiger partial charge >= 0.3 is 0 Å². The molecule has 1 aromatic heterocycles. The topological polar surface area (TPSA) is 85.1 Å². The summed E-state index contributed by atoms with van der Waals surface area (Å²) in [6.07, 6.45) is 3.13. The number of hydrogen-bond acceptors (Lipinski definition) is 4. The van der Waals surface area contributed by atoms with Crippen LogP contribution in [0.4, 0.5) is 5.69 Å². The molecule has 3 N–H and O–H groups in total. The molecule has 0 spiro atoms. The third-order valence-electron chi connectivity index (χ3n) is 2.74. The van der Waals surface area contributed by atoms with E-state index >= 15 is 0 Å². The van der Waals surface area contributed by atoms with Crippen molar-refractivity contribution in [1.29, 1.82) is 0 Å². The molecule has 0 radical (unpaired) electrons. The van der Waals surface area contributed by atoms with Crippen LogP contribution >= 0.6 is 0 Å². The first-order valence-corrected chi connectivity index (χ1v) is 7.73. The van der Waals surface area contributed by atoms with Crippen molar-refractivity contribution in [3.8, 4) is 11.8 Å². The van der Waals surface area contributed by atoms with Gasteiger partial charge in [-0.25, -0.2) is 8.42 Å². The maximum atomic E-state index is 12.4. The number of sulfonamides is 1. The van der Waals surface area contributed by atoms with Crippen molar-refractivity contribution in [2.24, 2.45) is 5.73 Å². The molecule has 1 aromatic carbocycles. The summed E-state index contributed by atoms with van der Waals surface area (Å²) in [6.45, 7) is 2.01. The molecule has 0 bridgehead atoms. The number of benzene rings is 1. The summed E-state index contributed by atoms with van der Waals surface area (Å²) < 4.78 is 27.3. The van der Waals surface area contributed by atoms with E-state index in [0.29, 0.717) is 11.3 Å². The molecule has 1 heterocycles. The number of anilines is 1. The molecular weight excluding hydrogens is 286 g/mol. The van der Waals surface area contributed by atoms with Crippen LogP contribution in [0.2, 0.25) is 0 Å². The van der Waals surface area contributed by atoms with Gasteiger partial charge in [0.15, 0.2) is 0 Å². The van der Waals surface area contributed by atoms with Crippen LogP contribution in [0, 0.1) is 18.8 Å². The van der Waals surface area contributed by atoms with Gasteiger partial charge in [0.2, 0.25) is 0 Å². The van der Waals surface area contributed by atoms with Gasteiger partial charge in [-0.15, -0.1) is 0 Å². The maximum absolute atomic E-state index is 12.4. The van der Waals surface area contributed by atoms with Crippen LogP contribution in [-0.4, -0.2) is 19.9 Å². The van der Waals surface area contributed by atoms with Gasteiger partial charge in [-0.05, 0) is 36.8 Å². The van der Waals surface area contributed by atoms with Crippen molar-refractivity contribution in [1.82, 2.24) is 4.98 Å². The SMILES string of the molecule is Cc1cnccc1NS(=O)(=O)c1cccc(C#CCN)c1. The Morgan fingerprint density at radius 3 is 2.86 bits per heavy atom. The number of nitrogens with one attached hydrogen (secondary N) is 1. The first-order valence-electron chi connectivity index (χ1n) is 6.25. The van der Waals surface area contributed by atoms with E-state index in [4.69, 9.17) is 5.73 Å². The molecule has 108 valence electrons. The second-order valence-electron chi connectivity index (χ2n) is 4.33. The van der Waals surface area contributed by atoms with E-state index in [0.717, 1.165) is 5.56 Å². The second kappa shape index (κ2) is 6.39. The van der Waals surface area contributed by atoms with Crippen LogP contribution in [0.25, 0.3) is 0 Å². The van der Waals surface area contributed by atoms with Crippen LogP contribution in [-0.2, 0) is 10.0 Å². The van der Waals surface area contributed by atoms with E-state index in [1.807, 2.05) is 0 Å². The van der Waals surface area contributed by atoms with E-state index in [9.17, 15) is 8.42 Å². The number of nitrogens with two attached hydrogens (primary N) is 1. The fraction of sp³-hybridized carbons (Fsp3) is 0.133. The molecule has 2 aromatic rings.